The molecule has 0 amide bonds. The lowest BCUT2D eigenvalue weighted by Gasteiger charge is -2.27. The van der Waals surface area contributed by atoms with Gasteiger partial charge in [-0.05, 0) is 42.8 Å². The molecule has 4 rings (SSSR count). The van der Waals surface area contributed by atoms with Gasteiger partial charge < -0.3 is 14.5 Å². The Bertz CT molecular complexity index is 1160. The van der Waals surface area contributed by atoms with Gasteiger partial charge in [-0.15, -0.1) is 0 Å². The number of hydrogen-bond donors (Lipinski definition) is 1. The molecule has 9 heteroatoms. The van der Waals surface area contributed by atoms with E-state index in [1.54, 1.807) is 36.6 Å². The van der Waals surface area contributed by atoms with Crippen molar-refractivity contribution in [3.05, 3.63) is 53.8 Å². The fourth-order valence-electron chi connectivity index (χ4n) is 3.68. The Kier molecular flexibility index (Phi) is 5.92. The molecule has 30 heavy (non-hydrogen) atoms. The van der Waals surface area contributed by atoms with E-state index in [0.29, 0.717) is 12.2 Å². The number of sulfonamides is 1. The van der Waals surface area contributed by atoms with Crippen molar-refractivity contribution >= 4 is 38.5 Å². The third-order valence-electron chi connectivity index (χ3n) is 5.23. The molecule has 0 bridgehead atoms. The average molecular weight is 450 g/mol. The Morgan fingerprint density at radius 2 is 1.97 bits per heavy atom. The van der Waals surface area contributed by atoms with Gasteiger partial charge in [-0.3, -0.25) is 4.90 Å². The van der Waals surface area contributed by atoms with Crippen molar-refractivity contribution in [2.24, 2.45) is 0 Å². The first-order valence-electron chi connectivity index (χ1n) is 9.69. The van der Waals surface area contributed by atoms with Crippen LogP contribution in [-0.4, -0.2) is 46.6 Å². The second-order valence-electron chi connectivity index (χ2n) is 7.34. The average Bonchev–Trinajstić information content (AvgIpc) is 3.23. The number of anilines is 1. The number of hydrogen-bond acceptors (Lipinski definition) is 6. The summed E-state index contributed by atoms with van der Waals surface area (Å²) >= 11 is 6.43. The van der Waals surface area contributed by atoms with Crippen molar-refractivity contribution in [3.8, 4) is 5.75 Å². The van der Waals surface area contributed by atoms with E-state index in [-0.39, 0.29) is 10.6 Å². The highest BCUT2D eigenvalue weighted by Crippen LogP contribution is 2.35. The molecule has 3 aromatic rings. The van der Waals surface area contributed by atoms with Gasteiger partial charge in [0, 0.05) is 55.5 Å². The lowest BCUT2D eigenvalue weighted by atomic mass is 10.1. The summed E-state index contributed by atoms with van der Waals surface area (Å²) in [6.07, 6.45) is 1.60. The smallest absolute Gasteiger partial charge is 0.281 e. The van der Waals surface area contributed by atoms with Gasteiger partial charge >= 0.3 is 0 Å². The summed E-state index contributed by atoms with van der Waals surface area (Å²) in [5.41, 5.74) is 2.79. The lowest BCUT2D eigenvalue weighted by Crippen LogP contribution is -2.42. The molecule has 0 saturated carbocycles. The number of piperazine rings is 1. The first-order valence-corrected chi connectivity index (χ1v) is 11.5. The molecule has 2 aromatic carbocycles. The van der Waals surface area contributed by atoms with E-state index in [9.17, 15) is 8.42 Å². The molecule has 1 saturated heterocycles. The Morgan fingerprint density at radius 1 is 1.20 bits per heavy atom. The van der Waals surface area contributed by atoms with Gasteiger partial charge in [0.15, 0.2) is 0 Å². The highest BCUT2D eigenvalue weighted by Gasteiger charge is 2.28. The number of nitrogens with zero attached hydrogens (tertiary/aromatic N) is 2. The summed E-state index contributed by atoms with van der Waals surface area (Å²) < 4.78 is 38.4. The highest BCUT2D eigenvalue weighted by atomic mass is 35.5. The fraction of sp³-hybridized carbons (Fsp3) is 0.333. The number of aryl methyl sites for hydroxylation is 1. The van der Waals surface area contributed by atoms with Crippen LogP contribution in [0.2, 0.25) is 0 Å². The third kappa shape index (κ3) is 4.00. The number of fused-ring (bicyclic) bond motifs is 1. The zero-order valence-corrected chi connectivity index (χ0v) is 18.5. The molecule has 1 fully saturated rings. The Hall–Kier alpha value is -2.26. The summed E-state index contributed by atoms with van der Waals surface area (Å²) in [6.45, 7) is 6.14. The van der Waals surface area contributed by atoms with Crippen LogP contribution in [0.25, 0.3) is 11.0 Å². The van der Waals surface area contributed by atoms with Crippen LogP contribution in [0.4, 0.5) is 5.69 Å². The van der Waals surface area contributed by atoms with Gasteiger partial charge in [-0.1, -0.05) is 6.07 Å². The minimum atomic E-state index is -4.04. The van der Waals surface area contributed by atoms with E-state index in [1.165, 1.54) is 7.11 Å². The van der Waals surface area contributed by atoms with Crippen molar-refractivity contribution in [1.82, 2.24) is 10.2 Å². The predicted molar refractivity (Wildman–Crippen MR) is 118 cm³/mol. The number of nitrogens with one attached hydrogen (secondary N) is 1. The summed E-state index contributed by atoms with van der Waals surface area (Å²) in [4.78, 5) is 2.32. The zero-order chi connectivity index (χ0) is 21.3. The maximum atomic E-state index is 13.3. The second kappa shape index (κ2) is 8.47. The Balaban J connectivity index is 1.74. The van der Waals surface area contributed by atoms with Gasteiger partial charge in [-0.2, -0.15) is 12.2 Å². The molecular weight excluding hydrogens is 426 g/mol. The molecule has 1 aliphatic rings. The quantitative estimate of drug-likeness (QED) is 0.580. The summed E-state index contributed by atoms with van der Waals surface area (Å²) in [7, 11) is -2.60. The van der Waals surface area contributed by atoms with Crippen molar-refractivity contribution in [2.45, 2.75) is 18.4 Å². The van der Waals surface area contributed by atoms with Crippen LogP contribution in [-0.2, 0) is 16.6 Å². The number of methoxy groups -OCH3 is 1. The standard InChI is InChI=1S/C21H24ClN3O4S/c1-15-3-4-19(28-2)20(11-15)30(26,27)25(22)18-12-16-5-10-29-21(16)17(13-18)14-24-8-6-23-7-9-24/h3-5,10-13,23H,6-9,14H2,1-2H3. The summed E-state index contributed by atoms with van der Waals surface area (Å²) in [5.74, 6) is 0.247. The van der Waals surface area contributed by atoms with E-state index < -0.39 is 10.0 Å². The van der Waals surface area contributed by atoms with Gasteiger partial charge in [-0.25, -0.2) is 0 Å². The molecule has 0 atom stereocenters. The van der Waals surface area contributed by atoms with Crippen molar-refractivity contribution in [2.75, 3.05) is 37.1 Å². The van der Waals surface area contributed by atoms with Crippen LogP contribution < -0.4 is 13.9 Å². The van der Waals surface area contributed by atoms with Crippen LogP contribution in [0, 0.1) is 6.92 Å². The van der Waals surface area contributed by atoms with E-state index in [2.05, 4.69) is 10.2 Å². The monoisotopic (exact) mass is 449 g/mol. The zero-order valence-electron chi connectivity index (χ0n) is 16.9. The number of benzene rings is 2. The molecule has 0 radical (unpaired) electrons. The molecule has 1 N–H and O–H groups in total. The van der Waals surface area contributed by atoms with Crippen LogP contribution in [0.1, 0.15) is 11.1 Å². The molecule has 0 aliphatic carbocycles. The predicted octanol–water partition coefficient (Wildman–Crippen LogP) is 3.50. The van der Waals surface area contributed by atoms with E-state index in [0.717, 1.165) is 52.1 Å². The summed E-state index contributed by atoms with van der Waals surface area (Å²) in [5, 5.41) is 4.13. The molecule has 0 spiro atoms. The van der Waals surface area contributed by atoms with Gasteiger partial charge in [0.05, 0.1) is 19.1 Å². The molecule has 1 aromatic heterocycles. The Labute approximate surface area is 181 Å². The van der Waals surface area contributed by atoms with Crippen LogP contribution >= 0.6 is 11.8 Å². The summed E-state index contributed by atoms with van der Waals surface area (Å²) in [6, 6.07) is 10.3. The number of halogens is 1. The minimum absolute atomic E-state index is 0.0240. The SMILES string of the molecule is COc1ccc(C)cc1S(=O)(=O)N(Cl)c1cc(CN2CCNCC2)c2occc2c1. The molecule has 1 aliphatic heterocycles. The van der Waals surface area contributed by atoms with E-state index in [4.69, 9.17) is 20.9 Å². The third-order valence-corrected chi connectivity index (χ3v) is 7.48. The first kappa shape index (κ1) is 21.0. The largest absolute Gasteiger partial charge is 0.495 e. The van der Waals surface area contributed by atoms with Gasteiger partial charge in [0.1, 0.15) is 16.2 Å². The molecule has 7 nitrogen and oxygen atoms in total. The maximum Gasteiger partial charge on any atom is 0.281 e. The number of furan rings is 1. The van der Waals surface area contributed by atoms with Crippen molar-refractivity contribution in [3.63, 3.8) is 0 Å². The lowest BCUT2D eigenvalue weighted by molar-refractivity contribution is 0.233. The van der Waals surface area contributed by atoms with Crippen LogP contribution in [0.15, 0.2) is 52.0 Å². The first-order chi connectivity index (χ1) is 14.4. The van der Waals surface area contributed by atoms with Gasteiger partial charge in [0.2, 0.25) is 0 Å². The van der Waals surface area contributed by atoms with Crippen LogP contribution in [0.5, 0.6) is 5.75 Å². The molecule has 2 heterocycles. The number of ether oxygens (including phenoxy) is 1. The van der Waals surface area contributed by atoms with Crippen LogP contribution in [0.3, 0.4) is 0 Å². The normalized spacial score (nSPS) is 15.4. The topological polar surface area (TPSA) is 75.0 Å². The second-order valence-corrected chi connectivity index (χ2v) is 9.64. The highest BCUT2D eigenvalue weighted by molar-refractivity contribution is 7.94. The minimum Gasteiger partial charge on any atom is -0.495 e. The van der Waals surface area contributed by atoms with Crippen molar-refractivity contribution < 1.29 is 17.6 Å². The molecular formula is C21H24ClN3O4S. The molecule has 0 unspecified atom stereocenters. The maximum absolute atomic E-state index is 13.3. The van der Waals surface area contributed by atoms with E-state index in [1.807, 2.05) is 13.0 Å². The fourth-order valence-corrected chi connectivity index (χ4v) is 5.30. The number of rotatable bonds is 6. The van der Waals surface area contributed by atoms with Crippen molar-refractivity contribution in [1.29, 1.82) is 0 Å². The van der Waals surface area contributed by atoms with Gasteiger partial charge in [0.25, 0.3) is 10.0 Å². The Morgan fingerprint density at radius 3 is 2.70 bits per heavy atom. The van der Waals surface area contributed by atoms with E-state index >= 15 is 0 Å². The molecule has 160 valence electrons.